The summed E-state index contributed by atoms with van der Waals surface area (Å²) in [6.45, 7) is 1.42. The SMILES string of the molecule is COC(=O)[C@H](C)OC(=O)C[C@H]1Sc2ccccc2NC1=O. The predicted molar refractivity (Wildman–Crippen MR) is 76.9 cm³/mol. The van der Waals surface area contributed by atoms with Crippen molar-refractivity contribution in [1.29, 1.82) is 0 Å². The van der Waals surface area contributed by atoms with Gasteiger partial charge in [-0.1, -0.05) is 12.1 Å². The van der Waals surface area contributed by atoms with Gasteiger partial charge in [0.2, 0.25) is 5.91 Å². The van der Waals surface area contributed by atoms with E-state index in [1.165, 1.54) is 25.8 Å². The fourth-order valence-corrected chi connectivity index (χ4v) is 2.93. The summed E-state index contributed by atoms with van der Waals surface area (Å²) in [6, 6.07) is 7.35. The van der Waals surface area contributed by atoms with Gasteiger partial charge in [0.1, 0.15) is 0 Å². The van der Waals surface area contributed by atoms with Crippen molar-refractivity contribution in [2.75, 3.05) is 12.4 Å². The Labute approximate surface area is 126 Å². The number of ether oxygens (including phenoxy) is 2. The Bertz CT molecular complexity index is 574. The minimum Gasteiger partial charge on any atom is -0.466 e. The molecular weight excluding hydrogens is 294 g/mol. The smallest absolute Gasteiger partial charge is 0.346 e. The zero-order valence-electron chi connectivity index (χ0n) is 11.6. The summed E-state index contributed by atoms with van der Waals surface area (Å²) >= 11 is 1.31. The van der Waals surface area contributed by atoms with Gasteiger partial charge in [0.05, 0.1) is 24.5 Å². The van der Waals surface area contributed by atoms with Crippen LogP contribution in [-0.2, 0) is 23.9 Å². The van der Waals surface area contributed by atoms with Crippen molar-refractivity contribution < 1.29 is 23.9 Å². The summed E-state index contributed by atoms with van der Waals surface area (Å²) in [5.74, 6) is -1.49. The molecule has 0 unspecified atom stereocenters. The summed E-state index contributed by atoms with van der Waals surface area (Å²) in [5, 5.41) is 2.17. The highest BCUT2D eigenvalue weighted by molar-refractivity contribution is 8.01. The number of carbonyl (C=O) groups excluding carboxylic acids is 3. The fourth-order valence-electron chi connectivity index (χ4n) is 1.84. The molecule has 2 atom stereocenters. The minimum absolute atomic E-state index is 0.105. The van der Waals surface area contributed by atoms with Crippen molar-refractivity contribution >= 4 is 35.3 Å². The zero-order chi connectivity index (χ0) is 15.4. The van der Waals surface area contributed by atoms with Crippen LogP contribution in [0.15, 0.2) is 29.2 Å². The van der Waals surface area contributed by atoms with Crippen LogP contribution in [-0.4, -0.2) is 36.3 Å². The number of rotatable bonds is 4. The Balaban J connectivity index is 1.96. The molecule has 1 aliphatic rings. The molecule has 7 heteroatoms. The number of amides is 1. The van der Waals surface area contributed by atoms with E-state index < -0.39 is 23.3 Å². The molecule has 0 saturated carbocycles. The number of carbonyl (C=O) groups is 3. The van der Waals surface area contributed by atoms with E-state index in [2.05, 4.69) is 10.1 Å². The van der Waals surface area contributed by atoms with Crippen LogP contribution in [0.4, 0.5) is 5.69 Å². The van der Waals surface area contributed by atoms with Gasteiger partial charge < -0.3 is 14.8 Å². The number of methoxy groups -OCH3 is 1. The van der Waals surface area contributed by atoms with E-state index in [-0.39, 0.29) is 12.3 Å². The topological polar surface area (TPSA) is 81.7 Å². The van der Waals surface area contributed by atoms with E-state index >= 15 is 0 Å². The molecule has 1 amide bonds. The van der Waals surface area contributed by atoms with Crippen LogP contribution >= 0.6 is 11.8 Å². The van der Waals surface area contributed by atoms with E-state index in [0.717, 1.165) is 10.6 Å². The summed E-state index contributed by atoms with van der Waals surface area (Å²) in [5.41, 5.74) is 0.736. The molecule has 1 aliphatic heterocycles. The average Bonchev–Trinajstić information content (AvgIpc) is 2.47. The Morgan fingerprint density at radius 1 is 1.38 bits per heavy atom. The van der Waals surface area contributed by atoms with Gasteiger partial charge in [-0.05, 0) is 19.1 Å². The Morgan fingerprint density at radius 3 is 2.81 bits per heavy atom. The Morgan fingerprint density at radius 2 is 2.10 bits per heavy atom. The lowest BCUT2D eigenvalue weighted by molar-refractivity contribution is -0.164. The molecular formula is C14H15NO5S. The van der Waals surface area contributed by atoms with Gasteiger partial charge in [-0.3, -0.25) is 9.59 Å². The highest BCUT2D eigenvalue weighted by atomic mass is 32.2. The van der Waals surface area contributed by atoms with Gasteiger partial charge in [0.25, 0.3) is 0 Å². The molecule has 0 radical (unpaired) electrons. The summed E-state index contributed by atoms with van der Waals surface area (Å²) in [7, 11) is 1.22. The van der Waals surface area contributed by atoms with Gasteiger partial charge in [0.15, 0.2) is 6.10 Å². The lowest BCUT2D eigenvalue weighted by Gasteiger charge is -2.23. The van der Waals surface area contributed by atoms with Crippen LogP contribution in [0.25, 0.3) is 0 Å². The lowest BCUT2D eigenvalue weighted by atomic mass is 10.2. The van der Waals surface area contributed by atoms with E-state index in [1.807, 2.05) is 18.2 Å². The van der Waals surface area contributed by atoms with Gasteiger partial charge >= 0.3 is 11.9 Å². The molecule has 0 spiro atoms. The second-order valence-electron chi connectivity index (χ2n) is 4.45. The van der Waals surface area contributed by atoms with Crippen molar-refractivity contribution in [3.8, 4) is 0 Å². The van der Waals surface area contributed by atoms with Crippen LogP contribution in [0.2, 0.25) is 0 Å². The van der Waals surface area contributed by atoms with E-state index in [9.17, 15) is 14.4 Å². The van der Waals surface area contributed by atoms with Crippen molar-refractivity contribution in [3.63, 3.8) is 0 Å². The second-order valence-corrected chi connectivity index (χ2v) is 5.70. The van der Waals surface area contributed by atoms with E-state index in [4.69, 9.17) is 4.74 Å². The zero-order valence-corrected chi connectivity index (χ0v) is 12.4. The first-order chi connectivity index (χ1) is 10.0. The number of hydrogen-bond donors (Lipinski definition) is 1. The number of para-hydroxylation sites is 1. The molecule has 0 fully saturated rings. The Kier molecular flexibility index (Phi) is 4.85. The van der Waals surface area contributed by atoms with Crippen LogP contribution in [0, 0.1) is 0 Å². The molecule has 0 aromatic heterocycles. The van der Waals surface area contributed by atoms with Gasteiger partial charge in [-0.25, -0.2) is 4.79 Å². The third-order valence-electron chi connectivity index (χ3n) is 2.90. The number of esters is 2. The summed E-state index contributed by atoms with van der Waals surface area (Å²) in [4.78, 5) is 35.8. The number of thioether (sulfide) groups is 1. The largest absolute Gasteiger partial charge is 0.466 e. The van der Waals surface area contributed by atoms with Crippen molar-refractivity contribution in [1.82, 2.24) is 0 Å². The molecule has 1 aromatic carbocycles. The van der Waals surface area contributed by atoms with E-state index in [1.54, 1.807) is 6.07 Å². The normalized spacial score (nSPS) is 18.2. The standard InChI is InChI=1S/C14H15NO5S/c1-8(14(18)19-2)20-12(16)7-11-13(17)15-9-5-3-4-6-10(9)21-11/h3-6,8,11H,7H2,1-2H3,(H,15,17)/t8-,11+/m0/s1. The molecule has 1 N–H and O–H groups in total. The number of fused-ring (bicyclic) bond motifs is 1. The average molecular weight is 309 g/mol. The maximum absolute atomic E-state index is 11.9. The first-order valence-electron chi connectivity index (χ1n) is 6.35. The molecule has 0 bridgehead atoms. The second kappa shape index (κ2) is 6.62. The quantitative estimate of drug-likeness (QED) is 0.851. The molecule has 2 rings (SSSR count). The first-order valence-corrected chi connectivity index (χ1v) is 7.23. The van der Waals surface area contributed by atoms with Crippen LogP contribution in [0.3, 0.4) is 0 Å². The number of anilines is 1. The summed E-state index contributed by atoms with van der Waals surface area (Å²) in [6.07, 6.45) is -1.09. The lowest BCUT2D eigenvalue weighted by Crippen LogP contribution is -2.33. The fraction of sp³-hybridized carbons (Fsp3) is 0.357. The van der Waals surface area contributed by atoms with Crippen LogP contribution < -0.4 is 5.32 Å². The molecule has 1 aromatic rings. The predicted octanol–water partition coefficient (Wildman–Crippen LogP) is 1.59. The third-order valence-corrected chi connectivity index (χ3v) is 4.18. The third kappa shape index (κ3) is 3.75. The van der Waals surface area contributed by atoms with E-state index in [0.29, 0.717) is 0 Å². The van der Waals surface area contributed by atoms with Crippen LogP contribution in [0.5, 0.6) is 0 Å². The molecule has 0 aliphatic carbocycles. The monoisotopic (exact) mass is 309 g/mol. The van der Waals surface area contributed by atoms with Crippen molar-refractivity contribution in [2.24, 2.45) is 0 Å². The van der Waals surface area contributed by atoms with Crippen LogP contribution in [0.1, 0.15) is 13.3 Å². The van der Waals surface area contributed by atoms with Gasteiger partial charge in [0, 0.05) is 4.90 Å². The minimum atomic E-state index is -0.980. The molecule has 21 heavy (non-hydrogen) atoms. The molecule has 6 nitrogen and oxygen atoms in total. The van der Waals surface area contributed by atoms with Gasteiger partial charge in [-0.2, -0.15) is 0 Å². The maximum Gasteiger partial charge on any atom is 0.346 e. The van der Waals surface area contributed by atoms with Crippen molar-refractivity contribution in [2.45, 2.75) is 29.6 Å². The van der Waals surface area contributed by atoms with Crippen molar-refractivity contribution in [3.05, 3.63) is 24.3 Å². The first kappa shape index (κ1) is 15.4. The molecule has 0 saturated heterocycles. The number of nitrogens with one attached hydrogen (secondary N) is 1. The van der Waals surface area contributed by atoms with Gasteiger partial charge in [-0.15, -0.1) is 11.8 Å². The number of hydrogen-bond acceptors (Lipinski definition) is 6. The highest BCUT2D eigenvalue weighted by Crippen LogP contribution is 2.36. The Hall–Kier alpha value is -2.02. The maximum atomic E-state index is 11.9. The summed E-state index contributed by atoms with van der Waals surface area (Å²) < 4.78 is 9.41. The molecule has 1 heterocycles. The molecule has 112 valence electrons. The highest BCUT2D eigenvalue weighted by Gasteiger charge is 2.30. The number of benzene rings is 1.